The quantitative estimate of drug-likeness (QED) is 0.554. The molecule has 0 aliphatic carbocycles. The summed E-state index contributed by atoms with van der Waals surface area (Å²) in [7, 11) is 0. The maximum atomic E-state index is 10.5. The normalized spacial score (nSPS) is 11.4. The lowest BCUT2D eigenvalue weighted by atomic mass is 10.2. The van der Waals surface area contributed by atoms with Crippen molar-refractivity contribution in [3.63, 3.8) is 0 Å². The summed E-state index contributed by atoms with van der Waals surface area (Å²) in [5.74, 6) is 0. The standard InChI is InChI=1S/C11H15NOS/c1-8-5-9(7-13)6-12-10(8)14-11(2,3)4/h5-7H,1-4H3. The van der Waals surface area contributed by atoms with Crippen LogP contribution in [0.4, 0.5) is 0 Å². The van der Waals surface area contributed by atoms with E-state index in [-0.39, 0.29) is 4.75 Å². The molecule has 0 N–H and O–H groups in total. The van der Waals surface area contributed by atoms with E-state index in [0.29, 0.717) is 5.56 Å². The Kier molecular flexibility index (Phi) is 3.32. The molecule has 1 rings (SSSR count). The second-order valence-corrected chi connectivity index (χ2v) is 6.04. The van der Waals surface area contributed by atoms with Gasteiger partial charge in [-0.3, -0.25) is 4.79 Å². The molecule has 0 amide bonds. The smallest absolute Gasteiger partial charge is 0.151 e. The van der Waals surface area contributed by atoms with Crippen LogP contribution in [0.2, 0.25) is 0 Å². The fraction of sp³-hybridized carbons (Fsp3) is 0.455. The summed E-state index contributed by atoms with van der Waals surface area (Å²) in [6, 6.07) is 1.87. The van der Waals surface area contributed by atoms with E-state index in [1.807, 2.05) is 13.0 Å². The molecule has 0 aliphatic heterocycles. The van der Waals surface area contributed by atoms with Gasteiger partial charge in [0.05, 0.1) is 5.03 Å². The Balaban J connectivity index is 2.95. The van der Waals surface area contributed by atoms with Gasteiger partial charge in [0.1, 0.15) is 0 Å². The molecule has 3 heteroatoms. The zero-order valence-corrected chi connectivity index (χ0v) is 9.81. The van der Waals surface area contributed by atoms with Gasteiger partial charge in [-0.2, -0.15) is 0 Å². The van der Waals surface area contributed by atoms with Crippen molar-refractivity contribution in [3.8, 4) is 0 Å². The summed E-state index contributed by atoms with van der Waals surface area (Å²) in [5, 5.41) is 1.00. The molecule has 0 radical (unpaired) electrons. The van der Waals surface area contributed by atoms with Crippen LogP contribution in [0.5, 0.6) is 0 Å². The van der Waals surface area contributed by atoms with Crippen LogP contribution in [0.25, 0.3) is 0 Å². The van der Waals surface area contributed by atoms with Crippen molar-refractivity contribution in [2.45, 2.75) is 37.5 Å². The second kappa shape index (κ2) is 4.13. The number of rotatable bonds is 2. The number of hydrogen-bond donors (Lipinski definition) is 0. The number of carbonyl (C=O) groups is 1. The predicted octanol–water partition coefficient (Wildman–Crippen LogP) is 3.09. The van der Waals surface area contributed by atoms with E-state index >= 15 is 0 Å². The largest absolute Gasteiger partial charge is 0.298 e. The zero-order valence-electron chi connectivity index (χ0n) is 9.00. The molecule has 0 aliphatic rings. The van der Waals surface area contributed by atoms with Crippen LogP contribution in [0.15, 0.2) is 17.3 Å². The molecule has 14 heavy (non-hydrogen) atoms. The van der Waals surface area contributed by atoms with Crippen LogP contribution < -0.4 is 0 Å². The third kappa shape index (κ3) is 3.14. The SMILES string of the molecule is Cc1cc(C=O)cnc1SC(C)(C)C. The Bertz CT molecular complexity index is 342. The van der Waals surface area contributed by atoms with Gasteiger partial charge in [0.25, 0.3) is 0 Å². The Morgan fingerprint density at radius 1 is 1.43 bits per heavy atom. The fourth-order valence-corrected chi connectivity index (χ4v) is 1.95. The number of hydrogen-bond acceptors (Lipinski definition) is 3. The third-order valence-electron chi connectivity index (χ3n) is 1.59. The van der Waals surface area contributed by atoms with Crippen molar-refractivity contribution >= 4 is 18.0 Å². The molecule has 0 saturated carbocycles. The fourth-order valence-electron chi connectivity index (χ4n) is 1.05. The van der Waals surface area contributed by atoms with Crippen LogP contribution in [0, 0.1) is 6.92 Å². The molecule has 0 atom stereocenters. The molecule has 76 valence electrons. The summed E-state index contributed by atoms with van der Waals surface area (Å²) < 4.78 is 0.153. The lowest BCUT2D eigenvalue weighted by Crippen LogP contribution is -2.08. The first-order valence-corrected chi connectivity index (χ1v) is 5.35. The van der Waals surface area contributed by atoms with E-state index in [1.54, 1.807) is 18.0 Å². The van der Waals surface area contributed by atoms with Crippen LogP contribution in [0.3, 0.4) is 0 Å². The number of nitrogens with zero attached hydrogens (tertiary/aromatic N) is 1. The molecule has 1 aromatic heterocycles. The van der Waals surface area contributed by atoms with E-state index in [2.05, 4.69) is 25.8 Å². The van der Waals surface area contributed by atoms with Gasteiger partial charge in [0.2, 0.25) is 0 Å². The van der Waals surface area contributed by atoms with Gasteiger partial charge in [0, 0.05) is 16.5 Å². The molecule has 2 nitrogen and oxygen atoms in total. The summed E-state index contributed by atoms with van der Waals surface area (Å²) in [4.78, 5) is 14.8. The van der Waals surface area contributed by atoms with Crippen LogP contribution >= 0.6 is 11.8 Å². The van der Waals surface area contributed by atoms with Crippen molar-refractivity contribution in [2.75, 3.05) is 0 Å². The summed E-state index contributed by atoms with van der Waals surface area (Å²) in [6.07, 6.45) is 2.44. The minimum absolute atomic E-state index is 0.153. The van der Waals surface area contributed by atoms with Crippen molar-refractivity contribution in [3.05, 3.63) is 23.4 Å². The number of thioether (sulfide) groups is 1. The highest BCUT2D eigenvalue weighted by Crippen LogP contribution is 2.32. The number of carbonyl (C=O) groups excluding carboxylic acids is 1. The first kappa shape index (κ1) is 11.2. The molecule has 1 aromatic rings. The highest BCUT2D eigenvalue weighted by atomic mass is 32.2. The molecule has 0 spiro atoms. The van der Waals surface area contributed by atoms with E-state index in [1.165, 1.54) is 0 Å². The Morgan fingerprint density at radius 2 is 2.07 bits per heavy atom. The Hall–Kier alpha value is -0.830. The van der Waals surface area contributed by atoms with Gasteiger partial charge >= 0.3 is 0 Å². The zero-order chi connectivity index (χ0) is 10.8. The summed E-state index contributed by atoms with van der Waals surface area (Å²) >= 11 is 1.72. The van der Waals surface area contributed by atoms with Gasteiger partial charge in [-0.25, -0.2) is 4.98 Å². The van der Waals surface area contributed by atoms with Gasteiger partial charge in [0.15, 0.2) is 6.29 Å². The molecule has 0 bridgehead atoms. The number of aryl methyl sites for hydroxylation is 1. The van der Waals surface area contributed by atoms with Crippen LogP contribution in [-0.4, -0.2) is 16.0 Å². The van der Waals surface area contributed by atoms with Crippen molar-refractivity contribution in [1.29, 1.82) is 0 Å². The summed E-state index contributed by atoms with van der Waals surface area (Å²) in [6.45, 7) is 8.42. The summed E-state index contributed by atoms with van der Waals surface area (Å²) in [5.41, 5.74) is 1.70. The average Bonchev–Trinajstić information content (AvgIpc) is 2.06. The maximum Gasteiger partial charge on any atom is 0.151 e. The topological polar surface area (TPSA) is 30.0 Å². The molecular formula is C11H15NOS. The molecule has 0 aromatic carbocycles. The average molecular weight is 209 g/mol. The van der Waals surface area contributed by atoms with Gasteiger partial charge < -0.3 is 0 Å². The Morgan fingerprint density at radius 3 is 2.50 bits per heavy atom. The number of aldehydes is 1. The highest BCUT2D eigenvalue weighted by molar-refractivity contribution is 8.00. The predicted molar refractivity (Wildman–Crippen MR) is 60.0 cm³/mol. The first-order valence-electron chi connectivity index (χ1n) is 4.53. The van der Waals surface area contributed by atoms with Gasteiger partial charge in [-0.15, -0.1) is 11.8 Å². The molecule has 0 saturated heterocycles. The highest BCUT2D eigenvalue weighted by Gasteiger charge is 2.14. The third-order valence-corrected chi connectivity index (χ3v) is 2.82. The lowest BCUT2D eigenvalue weighted by molar-refractivity contribution is 0.112. The van der Waals surface area contributed by atoms with Crippen molar-refractivity contribution in [1.82, 2.24) is 4.98 Å². The Labute approximate surface area is 89.1 Å². The maximum absolute atomic E-state index is 10.5. The minimum Gasteiger partial charge on any atom is -0.298 e. The van der Waals surface area contributed by atoms with E-state index < -0.39 is 0 Å². The van der Waals surface area contributed by atoms with Crippen molar-refractivity contribution in [2.24, 2.45) is 0 Å². The molecule has 0 fully saturated rings. The molecular weight excluding hydrogens is 194 g/mol. The first-order chi connectivity index (χ1) is 6.42. The van der Waals surface area contributed by atoms with Crippen LogP contribution in [-0.2, 0) is 0 Å². The number of pyridine rings is 1. The van der Waals surface area contributed by atoms with Crippen molar-refractivity contribution < 1.29 is 4.79 Å². The van der Waals surface area contributed by atoms with Gasteiger partial charge in [-0.05, 0) is 18.6 Å². The number of aromatic nitrogens is 1. The molecule has 1 heterocycles. The molecule has 0 unspecified atom stereocenters. The minimum atomic E-state index is 0.153. The van der Waals surface area contributed by atoms with E-state index in [4.69, 9.17) is 0 Å². The van der Waals surface area contributed by atoms with E-state index in [0.717, 1.165) is 16.9 Å². The van der Waals surface area contributed by atoms with Crippen LogP contribution in [0.1, 0.15) is 36.7 Å². The second-order valence-electron chi connectivity index (χ2n) is 4.22. The van der Waals surface area contributed by atoms with Gasteiger partial charge in [-0.1, -0.05) is 20.8 Å². The lowest BCUT2D eigenvalue weighted by Gasteiger charge is -2.17. The van der Waals surface area contributed by atoms with E-state index in [9.17, 15) is 4.79 Å². The monoisotopic (exact) mass is 209 g/mol.